The molecule has 37 heavy (non-hydrogen) atoms. The van der Waals surface area contributed by atoms with Crippen LogP contribution in [-0.2, 0) is 6.42 Å². The van der Waals surface area contributed by atoms with Gasteiger partial charge < -0.3 is 9.72 Å². The van der Waals surface area contributed by atoms with Crippen LogP contribution in [0.5, 0.6) is 0 Å². The van der Waals surface area contributed by atoms with E-state index in [-0.39, 0.29) is 0 Å². The zero-order valence-corrected chi connectivity index (χ0v) is 26.3. The Morgan fingerprint density at radius 2 is 1.49 bits per heavy atom. The van der Waals surface area contributed by atoms with Crippen molar-refractivity contribution < 1.29 is 0 Å². The van der Waals surface area contributed by atoms with Crippen LogP contribution in [0.25, 0.3) is 16.8 Å². The minimum absolute atomic E-state index is 0.334. The van der Waals surface area contributed by atoms with Crippen molar-refractivity contribution in [2.75, 3.05) is 0 Å². The van der Waals surface area contributed by atoms with Crippen LogP contribution in [0.15, 0.2) is 48.8 Å². The van der Waals surface area contributed by atoms with Gasteiger partial charge in [0.05, 0.1) is 5.69 Å². The average Bonchev–Trinajstić information content (AvgIpc) is 3.14. The summed E-state index contributed by atoms with van der Waals surface area (Å²) in [6.07, 6.45) is 7.88. The van der Waals surface area contributed by atoms with E-state index in [9.17, 15) is 0 Å². The normalized spacial score (nSPS) is 15.9. The molecule has 0 unspecified atom stereocenters. The fourth-order valence-corrected chi connectivity index (χ4v) is 5.46. The Kier molecular flexibility index (Phi) is 12.3. The van der Waals surface area contributed by atoms with E-state index in [1.54, 1.807) is 0 Å². The molecule has 1 saturated heterocycles. The van der Waals surface area contributed by atoms with Crippen LogP contribution in [0.3, 0.4) is 0 Å². The summed E-state index contributed by atoms with van der Waals surface area (Å²) < 4.78 is 2.15. The average molecular weight is 506 g/mol. The molecule has 2 aromatic heterocycles. The van der Waals surface area contributed by atoms with Gasteiger partial charge in [-0.1, -0.05) is 51.5 Å². The predicted octanol–water partition coefficient (Wildman–Crippen LogP) is 9.66. The van der Waals surface area contributed by atoms with Crippen LogP contribution in [0, 0.1) is 26.7 Å². The lowest BCUT2D eigenvalue weighted by molar-refractivity contribution is 0.138. The molecule has 0 atom stereocenters. The van der Waals surface area contributed by atoms with Crippen molar-refractivity contribution in [3.8, 4) is 11.1 Å². The van der Waals surface area contributed by atoms with E-state index in [0.29, 0.717) is 11.1 Å². The molecule has 0 spiro atoms. The third-order valence-corrected chi connectivity index (χ3v) is 6.36. The smallest absolute Gasteiger partial charge is 0.140 e. The Bertz CT molecular complexity index is 1130. The van der Waals surface area contributed by atoms with E-state index in [4.69, 9.17) is 0 Å². The Morgan fingerprint density at radius 3 is 1.95 bits per heavy atom. The fourth-order valence-electron chi connectivity index (χ4n) is 5.46. The number of fused-ring (bicyclic) bond motifs is 1. The summed E-state index contributed by atoms with van der Waals surface area (Å²) in [7, 11) is 0. The van der Waals surface area contributed by atoms with Crippen LogP contribution in [-0.4, -0.2) is 20.5 Å². The number of hydrogen-bond donors (Lipinski definition) is 1. The first-order chi connectivity index (χ1) is 17.1. The molecular weight excluding hydrogens is 450 g/mol. The lowest BCUT2D eigenvalue weighted by Crippen LogP contribution is -2.57. The van der Waals surface area contributed by atoms with Gasteiger partial charge in [-0.15, -0.1) is 6.58 Å². The molecule has 0 radical (unpaired) electrons. The molecule has 3 nitrogen and oxygen atoms in total. The third kappa shape index (κ3) is 10.5. The van der Waals surface area contributed by atoms with Crippen LogP contribution in [0.1, 0.15) is 104 Å². The summed E-state index contributed by atoms with van der Waals surface area (Å²) in [4.78, 5) is 4.61. The molecule has 0 amide bonds. The summed E-state index contributed by atoms with van der Waals surface area (Å²) in [6.45, 7) is 31.6. The van der Waals surface area contributed by atoms with Gasteiger partial charge in [-0.2, -0.15) is 0 Å². The van der Waals surface area contributed by atoms with Gasteiger partial charge in [0.1, 0.15) is 5.65 Å². The number of aromatic nitrogens is 2. The molecule has 0 bridgehead atoms. The molecule has 1 aliphatic heterocycles. The first-order valence-corrected chi connectivity index (χ1v) is 14.1. The van der Waals surface area contributed by atoms with Crippen LogP contribution < -0.4 is 5.32 Å². The Morgan fingerprint density at radius 1 is 0.946 bits per heavy atom. The SMILES string of the molecule is C=C(C)C.CC.CC1CC(C)(C)NC(C)(C)C1.CCc1cc(-c2ccc(C)c(C)c2)cn2cc(C)nc12. The van der Waals surface area contributed by atoms with Crippen molar-refractivity contribution in [2.24, 2.45) is 5.92 Å². The molecule has 1 aromatic carbocycles. The molecule has 0 saturated carbocycles. The highest BCUT2D eigenvalue weighted by atomic mass is 15.0. The van der Waals surface area contributed by atoms with Gasteiger partial charge in [-0.25, -0.2) is 4.98 Å². The van der Waals surface area contributed by atoms with Crippen LogP contribution in [0.4, 0.5) is 0 Å². The lowest BCUT2D eigenvalue weighted by Gasteiger charge is -2.45. The van der Waals surface area contributed by atoms with Crippen molar-refractivity contribution >= 4 is 5.65 Å². The number of nitrogens with zero attached hydrogens (tertiary/aromatic N) is 2. The summed E-state index contributed by atoms with van der Waals surface area (Å²) in [5.41, 5.74) is 10.5. The summed E-state index contributed by atoms with van der Waals surface area (Å²) >= 11 is 0. The first kappa shape index (κ1) is 32.6. The van der Waals surface area contributed by atoms with E-state index < -0.39 is 0 Å². The maximum absolute atomic E-state index is 4.61. The zero-order chi connectivity index (χ0) is 28.6. The summed E-state index contributed by atoms with van der Waals surface area (Å²) in [6, 6.07) is 8.93. The van der Waals surface area contributed by atoms with Gasteiger partial charge in [0, 0.05) is 23.5 Å². The van der Waals surface area contributed by atoms with E-state index in [1.807, 2.05) is 34.6 Å². The molecule has 1 aliphatic rings. The molecule has 3 heteroatoms. The quantitative estimate of drug-likeness (QED) is 0.351. The predicted molar refractivity (Wildman–Crippen MR) is 166 cm³/mol. The van der Waals surface area contributed by atoms with Crippen LogP contribution in [0.2, 0.25) is 0 Å². The molecule has 3 heterocycles. The molecule has 4 rings (SSSR count). The number of aryl methyl sites for hydroxylation is 4. The second-order valence-electron chi connectivity index (χ2n) is 12.1. The fraction of sp³-hybridized carbons (Fsp3) is 0.559. The van der Waals surface area contributed by atoms with Gasteiger partial charge in [0.15, 0.2) is 0 Å². The minimum atomic E-state index is 0.334. The Labute approximate surface area is 228 Å². The molecular formula is C34H55N3. The third-order valence-electron chi connectivity index (χ3n) is 6.36. The van der Waals surface area contributed by atoms with Crippen molar-refractivity contribution in [3.63, 3.8) is 0 Å². The lowest BCUT2D eigenvalue weighted by atomic mass is 9.77. The summed E-state index contributed by atoms with van der Waals surface area (Å²) in [5.74, 6) is 0.862. The number of allylic oxidation sites excluding steroid dienone is 1. The van der Waals surface area contributed by atoms with Crippen molar-refractivity contribution in [1.29, 1.82) is 0 Å². The summed E-state index contributed by atoms with van der Waals surface area (Å²) in [5, 5.41) is 3.66. The molecule has 0 aliphatic carbocycles. The largest absolute Gasteiger partial charge is 0.307 e. The highest BCUT2D eigenvalue weighted by Crippen LogP contribution is 2.32. The number of benzene rings is 1. The molecule has 1 fully saturated rings. The van der Waals surface area contributed by atoms with Gasteiger partial charge in [0.25, 0.3) is 0 Å². The second kappa shape index (κ2) is 14.0. The first-order valence-electron chi connectivity index (χ1n) is 14.1. The van der Waals surface area contributed by atoms with Crippen molar-refractivity contribution in [2.45, 2.75) is 120 Å². The topological polar surface area (TPSA) is 29.3 Å². The Balaban J connectivity index is 0.000000340. The Hall–Kier alpha value is -2.39. The van der Waals surface area contributed by atoms with Gasteiger partial charge >= 0.3 is 0 Å². The van der Waals surface area contributed by atoms with Crippen LogP contribution >= 0.6 is 0 Å². The van der Waals surface area contributed by atoms with E-state index in [2.05, 4.69) is 113 Å². The van der Waals surface area contributed by atoms with Gasteiger partial charge in [-0.3, -0.25) is 0 Å². The second-order valence-corrected chi connectivity index (χ2v) is 12.1. The van der Waals surface area contributed by atoms with Crippen molar-refractivity contribution in [1.82, 2.24) is 14.7 Å². The number of nitrogens with one attached hydrogen (secondary N) is 1. The highest BCUT2D eigenvalue weighted by molar-refractivity contribution is 5.68. The standard InChI is InChI=1S/C18H20N2.C10H21N.C4H8.C2H6/c1-5-15-9-17(11-20-10-14(4)19-18(15)20)16-7-6-12(2)13(3)8-16;1-8-6-9(2,3)11-10(4,5)7-8;1-4(2)3;1-2/h6-11H,5H2,1-4H3;8,11H,6-7H2,1-5H3;1H2,2-3H3;1-2H3. The van der Waals surface area contributed by atoms with E-state index >= 15 is 0 Å². The number of rotatable bonds is 2. The maximum atomic E-state index is 4.61. The number of pyridine rings is 1. The van der Waals surface area contributed by atoms with Gasteiger partial charge in [-0.05, 0) is 121 Å². The van der Waals surface area contributed by atoms with E-state index in [0.717, 1.165) is 23.7 Å². The number of hydrogen-bond acceptors (Lipinski definition) is 2. The van der Waals surface area contributed by atoms with Gasteiger partial charge in [0.2, 0.25) is 0 Å². The maximum Gasteiger partial charge on any atom is 0.140 e. The minimum Gasteiger partial charge on any atom is -0.307 e. The molecule has 3 aromatic rings. The van der Waals surface area contributed by atoms with Crippen molar-refractivity contribution in [3.05, 3.63) is 71.2 Å². The zero-order valence-electron chi connectivity index (χ0n) is 26.3. The monoisotopic (exact) mass is 505 g/mol. The molecule has 1 N–H and O–H groups in total. The number of imidazole rings is 1. The van der Waals surface area contributed by atoms with E-state index in [1.165, 1.54) is 46.2 Å². The molecule has 206 valence electrons. The number of piperidine rings is 1. The highest BCUT2D eigenvalue weighted by Gasteiger charge is 2.35.